The maximum Gasteiger partial charge on any atom is 0.157 e. The van der Waals surface area contributed by atoms with Gasteiger partial charge >= 0.3 is 0 Å². The fourth-order valence-corrected chi connectivity index (χ4v) is 1.65. The van der Waals surface area contributed by atoms with Crippen LogP contribution in [-0.4, -0.2) is 20.8 Å². The molecule has 5 heteroatoms. The van der Waals surface area contributed by atoms with Gasteiger partial charge in [-0.2, -0.15) is 5.10 Å². The number of pyridine rings is 1. The Kier molecular flexibility index (Phi) is 4.52. The summed E-state index contributed by atoms with van der Waals surface area (Å²) in [6, 6.07) is 6.45. The summed E-state index contributed by atoms with van der Waals surface area (Å²) in [5.41, 5.74) is 1.95. The van der Waals surface area contributed by atoms with Crippen LogP contribution in [0.2, 0.25) is 0 Å². The highest BCUT2D eigenvalue weighted by atomic mass is 16.5. The van der Waals surface area contributed by atoms with Crippen molar-refractivity contribution < 1.29 is 4.74 Å². The molecule has 2 aromatic heterocycles. The van der Waals surface area contributed by atoms with Crippen LogP contribution in [-0.2, 0) is 20.2 Å². The van der Waals surface area contributed by atoms with Crippen molar-refractivity contribution in [1.29, 1.82) is 0 Å². The van der Waals surface area contributed by atoms with Crippen molar-refractivity contribution in [2.24, 2.45) is 7.05 Å². The fourth-order valence-electron chi connectivity index (χ4n) is 1.65. The van der Waals surface area contributed by atoms with Crippen molar-refractivity contribution in [3.05, 3.63) is 42.0 Å². The van der Waals surface area contributed by atoms with Crippen LogP contribution in [0.15, 0.2) is 30.6 Å². The quantitative estimate of drug-likeness (QED) is 0.861. The van der Waals surface area contributed by atoms with Gasteiger partial charge in [0.05, 0.1) is 23.8 Å². The molecule has 0 fully saturated rings. The zero-order valence-electron chi connectivity index (χ0n) is 11.6. The van der Waals surface area contributed by atoms with Crippen LogP contribution in [0, 0.1) is 0 Å². The van der Waals surface area contributed by atoms with Crippen molar-refractivity contribution in [2.45, 2.75) is 33.0 Å². The zero-order chi connectivity index (χ0) is 13.7. The lowest BCUT2D eigenvalue weighted by Crippen LogP contribution is -2.22. The summed E-state index contributed by atoms with van der Waals surface area (Å²) in [6.45, 7) is 5.48. The smallest absolute Gasteiger partial charge is 0.157 e. The lowest BCUT2D eigenvalue weighted by atomic mass is 10.3. The molecule has 1 N–H and O–H groups in total. The van der Waals surface area contributed by atoms with Gasteiger partial charge in [0.1, 0.15) is 6.61 Å². The SMILES string of the molecule is CC(C)NCc1cccc(COc2cnn(C)c2)n1. The highest BCUT2D eigenvalue weighted by Crippen LogP contribution is 2.10. The van der Waals surface area contributed by atoms with Gasteiger partial charge in [0.2, 0.25) is 0 Å². The number of ether oxygens (including phenoxy) is 1. The highest BCUT2D eigenvalue weighted by Gasteiger charge is 2.02. The fraction of sp³-hybridized carbons (Fsp3) is 0.429. The average Bonchev–Trinajstić information content (AvgIpc) is 2.80. The number of rotatable bonds is 6. The second-order valence-electron chi connectivity index (χ2n) is 4.79. The number of aryl methyl sites for hydroxylation is 1. The number of hydrogen-bond acceptors (Lipinski definition) is 4. The van der Waals surface area contributed by atoms with Gasteiger partial charge in [0, 0.05) is 19.6 Å². The van der Waals surface area contributed by atoms with Crippen LogP contribution in [0.3, 0.4) is 0 Å². The van der Waals surface area contributed by atoms with Gasteiger partial charge in [-0.15, -0.1) is 0 Å². The normalized spacial score (nSPS) is 10.9. The van der Waals surface area contributed by atoms with E-state index in [1.54, 1.807) is 10.9 Å². The minimum atomic E-state index is 0.456. The van der Waals surface area contributed by atoms with Crippen molar-refractivity contribution in [1.82, 2.24) is 20.1 Å². The summed E-state index contributed by atoms with van der Waals surface area (Å²) < 4.78 is 7.34. The molecule has 0 aliphatic rings. The molecule has 0 unspecified atom stereocenters. The van der Waals surface area contributed by atoms with E-state index >= 15 is 0 Å². The first kappa shape index (κ1) is 13.5. The summed E-state index contributed by atoms with van der Waals surface area (Å²) in [4.78, 5) is 4.55. The molecule has 0 bridgehead atoms. The van der Waals surface area contributed by atoms with E-state index in [1.165, 1.54) is 0 Å². The van der Waals surface area contributed by atoms with Crippen LogP contribution in [0.5, 0.6) is 5.75 Å². The molecule has 0 atom stereocenters. The first-order valence-electron chi connectivity index (χ1n) is 6.43. The van der Waals surface area contributed by atoms with Gasteiger partial charge < -0.3 is 10.1 Å². The van der Waals surface area contributed by atoms with Crippen LogP contribution in [0.1, 0.15) is 25.2 Å². The molecule has 0 saturated heterocycles. The van der Waals surface area contributed by atoms with E-state index in [1.807, 2.05) is 31.4 Å². The Morgan fingerprint density at radius 3 is 2.79 bits per heavy atom. The molecule has 5 nitrogen and oxygen atoms in total. The molecule has 2 rings (SSSR count). The van der Waals surface area contributed by atoms with Crippen LogP contribution < -0.4 is 10.1 Å². The van der Waals surface area contributed by atoms with Gasteiger partial charge in [0.15, 0.2) is 5.75 Å². The Balaban J connectivity index is 1.91. The molecule has 2 heterocycles. The summed E-state index contributed by atoms with van der Waals surface area (Å²) >= 11 is 0. The number of nitrogens with one attached hydrogen (secondary N) is 1. The summed E-state index contributed by atoms with van der Waals surface area (Å²) in [6.07, 6.45) is 3.54. The first-order chi connectivity index (χ1) is 9.13. The Morgan fingerprint density at radius 2 is 2.11 bits per heavy atom. The van der Waals surface area contributed by atoms with Crippen molar-refractivity contribution >= 4 is 0 Å². The standard InChI is InChI=1S/C14H20N4O/c1-11(2)15-7-12-5-4-6-13(17-12)10-19-14-8-16-18(3)9-14/h4-6,8-9,11,15H,7,10H2,1-3H3. The van der Waals surface area contributed by atoms with Gasteiger partial charge in [0.25, 0.3) is 0 Å². The molecule has 0 spiro atoms. The van der Waals surface area contributed by atoms with E-state index in [0.717, 1.165) is 23.7 Å². The molecule has 0 aliphatic carbocycles. The number of aromatic nitrogens is 3. The second-order valence-corrected chi connectivity index (χ2v) is 4.79. The molecular weight excluding hydrogens is 240 g/mol. The molecule has 0 saturated carbocycles. The van der Waals surface area contributed by atoms with Gasteiger partial charge in [-0.25, -0.2) is 0 Å². The molecule has 0 aliphatic heterocycles. The lowest BCUT2D eigenvalue weighted by Gasteiger charge is -2.09. The predicted octanol–water partition coefficient (Wildman–Crippen LogP) is 1.89. The van der Waals surface area contributed by atoms with E-state index in [4.69, 9.17) is 4.74 Å². The number of hydrogen-bond donors (Lipinski definition) is 1. The lowest BCUT2D eigenvalue weighted by molar-refractivity contribution is 0.300. The van der Waals surface area contributed by atoms with E-state index < -0.39 is 0 Å². The Morgan fingerprint density at radius 1 is 1.32 bits per heavy atom. The minimum absolute atomic E-state index is 0.456. The minimum Gasteiger partial charge on any atom is -0.484 e. The van der Waals surface area contributed by atoms with Gasteiger partial charge in [-0.1, -0.05) is 19.9 Å². The number of nitrogens with zero attached hydrogens (tertiary/aromatic N) is 3. The van der Waals surface area contributed by atoms with E-state index in [2.05, 4.69) is 29.2 Å². The molecule has 2 aromatic rings. The van der Waals surface area contributed by atoms with E-state index in [0.29, 0.717) is 12.6 Å². The first-order valence-corrected chi connectivity index (χ1v) is 6.43. The van der Waals surface area contributed by atoms with Gasteiger partial charge in [-0.05, 0) is 12.1 Å². The summed E-state index contributed by atoms with van der Waals surface area (Å²) in [5.74, 6) is 0.759. The third-order valence-corrected chi connectivity index (χ3v) is 2.62. The van der Waals surface area contributed by atoms with E-state index in [9.17, 15) is 0 Å². The Hall–Kier alpha value is -1.88. The van der Waals surface area contributed by atoms with Crippen molar-refractivity contribution in [3.63, 3.8) is 0 Å². The monoisotopic (exact) mass is 260 g/mol. The summed E-state index contributed by atoms with van der Waals surface area (Å²) in [7, 11) is 1.86. The maximum absolute atomic E-state index is 5.63. The van der Waals surface area contributed by atoms with Crippen molar-refractivity contribution in [3.8, 4) is 5.75 Å². The van der Waals surface area contributed by atoms with Crippen LogP contribution in [0.25, 0.3) is 0 Å². The molecular formula is C14H20N4O. The topological polar surface area (TPSA) is 52.0 Å². The predicted molar refractivity (Wildman–Crippen MR) is 73.8 cm³/mol. The molecule has 0 aromatic carbocycles. The second kappa shape index (κ2) is 6.33. The van der Waals surface area contributed by atoms with Crippen molar-refractivity contribution in [2.75, 3.05) is 0 Å². The zero-order valence-corrected chi connectivity index (χ0v) is 11.6. The van der Waals surface area contributed by atoms with Crippen LogP contribution >= 0.6 is 0 Å². The van der Waals surface area contributed by atoms with Gasteiger partial charge in [-0.3, -0.25) is 9.67 Å². The highest BCUT2D eigenvalue weighted by molar-refractivity contribution is 5.14. The Labute approximate surface area is 113 Å². The van der Waals surface area contributed by atoms with Crippen LogP contribution in [0.4, 0.5) is 0 Å². The van der Waals surface area contributed by atoms with E-state index in [-0.39, 0.29) is 0 Å². The Bertz CT molecular complexity index is 522. The third-order valence-electron chi connectivity index (χ3n) is 2.62. The largest absolute Gasteiger partial charge is 0.484 e. The molecule has 0 radical (unpaired) electrons. The average molecular weight is 260 g/mol. The molecule has 102 valence electrons. The maximum atomic E-state index is 5.63. The third kappa shape index (κ3) is 4.37. The summed E-state index contributed by atoms with van der Waals surface area (Å²) in [5, 5.41) is 7.41. The molecule has 19 heavy (non-hydrogen) atoms. The molecule has 0 amide bonds.